The van der Waals surface area contributed by atoms with Crippen LogP contribution >= 0.6 is 0 Å². The first-order valence-electron chi connectivity index (χ1n) is 6.04. The fourth-order valence-corrected chi connectivity index (χ4v) is 1.56. The van der Waals surface area contributed by atoms with Crippen molar-refractivity contribution >= 4 is 5.91 Å². The maximum atomic E-state index is 11.6. The lowest BCUT2D eigenvalue weighted by molar-refractivity contribution is -0.125. The number of hydrogen-bond acceptors (Lipinski definition) is 2. The minimum absolute atomic E-state index is 0.167. The summed E-state index contributed by atoms with van der Waals surface area (Å²) in [5.74, 6) is 0.687. The number of aliphatic hydroxyl groups excluding tert-OH is 1. The SMILES string of the molecule is CCC(CC)C(=O)NCCCC(C)CO. The van der Waals surface area contributed by atoms with E-state index in [9.17, 15) is 4.79 Å². The first kappa shape index (κ1) is 14.4. The number of amides is 1. The summed E-state index contributed by atoms with van der Waals surface area (Å²) in [6.07, 6.45) is 3.75. The van der Waals surface area contributed by atoms with Gasteiger partial charge in [0, 0.05) is 19.1 Å². The normalized spacial score (nSPS) is 12.9. The van der Waals surface area contributed by atoms with Crippen LogP contribution in [0, 0.1) is 11.8 Å². The Morgan fingerprint density at radius 1 is 1.33 bits per heavy atom. The van der Waals surface area contributed by atoms with Gasteiger partial charge in [-0.05, 0) is 31.6 Å². The third-order valence-corrected chi connectivity index (χ3v) is 2.84. The Morgan fingerprint density at radius 2 is 1.93 bits per heavy atom. The van der Waals surface area contributed by atoms with Crippen LogP contribution in [0.1, 0.15) is 46.5 Å². The smallest absolute Gasteiger partial charge is 0.223 e. The predicted molar refractivity (Wildman–Crippen MR) is 62.6 cm³/mol. The summed E-state index contributed by atoms with van der Waals surface area (Å²) >= 11 is 0. The largest absolute Gasteiger partial charge is 0.396 e. The van der Waals surface area contributed by atoms with E-state index in [1.165, 1.54) is 0 Å². The van der Waals surface area contributed by atoms with Crippen LogP contribution in [-0.2, 0) is 4.79 Å². The van der Waals surface area contributed by atoms with Crippen molar-refractivity contribution in [1.29, 1.82) is 0 Å². The summed E-state index contributed by atoms with van der Waals surface area (Å²) < 4.78 is 0. The molecule has 1 atom stereocenters. The van der Waals surface area contributed by atoms with Crippen LogP contribution in [0.3, 0.4) is 0 Å². The second-order valence-electron chi connectivity index (χ2n) is 4.23. The van der Waals surface area contributed by atoms with Gasteiger partial charge in [0.2, 0.25) is 5.91 Å². The summed E-state index contributed by atoms with van der Waals surface area (Å²) in [7, 11) is 0. The fourth-order valence-electron chi connectivity index (χ4n) is 1.56. The molecule has 0 spiro atoms. The minimum atomic E-state index is 0.167. The Kier molecular flexibility index (Phi) is 8.38. The maximum Gasteiger partial charge on any atom is 0.223 e. The molecule has 0 saturated heterocycles. The van der Waals surface area contributed by atoms with Crippen LogP contribution in [0.2, 0.25) is 0 Å². The number of rotatable bonds is 8. The molecule has 1 unspecified atom stereocenters. The standard InChI is InChI=1S/C12H25NO2/c1-4-11(5-2)12(15)13-8-6-7-10(3)9-14/h10-11,14H,4-9H2,1-3H3,(H,13,15). The molecular weight excluding hydrogens is 190 g/mol. The quantitative estimate of drug-likeness (QED) is 0.608. The highest BCUT2D eigenvalue weighted by molar-refractivity contribution is 5.78. The predicted octanol–water partition coefficient (Wildman–Crippen LogP) is 1.95. The van der Waals surface area contributed by atoms with Crippen LogP contribution in [-0.4, -0.2) is 24.2 Å². The van der Waals surface area contributed by atoms with Crippen LogP contribution in [0.5, 0.6) is 0 Å². The van der Waals surface area contributed by atoms with Crippen LogP contribution in [0.25, 0.3) is 0 Å². The van der Waals surface area contributed by atoms with Gasteiger partial charge in [-0.3, -0.25) is 4.79 Å². The lowest BCUT2D eigenvalue weighted by atomic mass is 10.0. The molecule has 0 radical (unpaired) electrons. The van der Waals surface area contributed by atoms with Crippen LogP contribution in [0.4, 0.5) is 0 Å². The summed E-state index contributed by atoms with van der Waals surface area (Å²) in [6, 6.07) is 0. The van der Waals surface area contributed by atoms with E-state index in [1.54, 1.807) is 0 Å². The average Bonchev–Trinajstić information content (AvgIpc) is 2.25. The molecule has 0 aromatic rings. The maximum absolute atomic E-state index is 11.6. The molecule has 0 aliphatic heterocycles. The van der Waals surface area contributed by atoms with E-state index in [1.807, 2.05) is 20.8 Å². The Hall–Kier alpha value is -0.570. The molecule has 1 amide bonds. The van der Waals surface area contributed by atoms with Gasteiger partial charge in [0.1, 0.15) is 0 Å². The molecule has 15 heavy (non-hydrogen) atoms. The fraction of sp³-hybridized carbons (Fsp3) is 0.917. The van der Waals surface area contributed by atoms with Gasteiger partial charge in [-0.25, -0.2) is 0 Å². The van der Waals surface area contributed by atoms with Crippen molar-refractivity contribution in [3.8, 4) is 0 Å². The van der Waals surface area contributed by atoms with E-state index in [-0.39, 0.29) is 18.4 Å². The lowest BCUT2D eigenvalue weighted by Gasteiger charge is -2.13. The van der Waals surface area contributed by atoms with Crippen molar-refractivity contribution in [2.45, 2.75) is 46.5 Å². The molecular formula is C12H25NO2. The first-order valence-corrected chi connectivity index (χ1v) is 6.04. The molecule has 90 valence electrons. The van der Waals surface area contributed by atoms with Gasteiger partial charge in [-0.2, -0.15) is 0 Å². The Labute approximate surface area is 93.3 Å². The highest BCUT2D eigenvalue weighted by atomic mass is 16.3. The van der Waals surface area contributed by atoms with Gasteiger partial charge in [0.05, 0.1) is 0 Å². The van der Waals surface area contributed by atoms with Crippen LogP contribution < -0.4 is 5.32 Å². The molecule has 0 rings (SSSR count). The van der Waals surface area contributed by atoms with Crippen molar-refractivity contribution < 1.29 is 9.90 Å². The second-order valence-corrected chi connectivity index (χ2v) is 4.23. The molecule has 0 aromatic carbocycles. The highest BCUT2D eigenvalue weighted by Crippen LogP contribution is 2.07. The van der Waals surface area contributed by atoms with Crippen molar-refractivity contribution in [3.63, 3.8) is 0 Å². The van der Waals surface area contributed by atoms with Crippen molar-refractivity contribution in [3.05, 3.63) is 0 Å². The van der Waals surface area contributed by atoms with Crippen molar-refractivity contribution in [2.75, 3.05) is 13.2 Å². The minimum Gasteiger partial charge on any atom is -0.396 e. The zero-order valence-electron chi connectivity index (χ0n) is 10.3. The molecule has 0 aromatic heterocycles. The molecule has 0 aliphatic carbocycles. The van der Waals surface area contributed by atoms with Gasteiger partial charge in [0.25, 0.3) is 0 Å². The molecule has 0 bridgehead atoms. The molecule has 3 nitrogen and oxygen atoms in total. The second kappa shape index (κ2) is 8.72. The number of aliphatic hydroxyl groups is 1. The lowest BCUT2D eigenvalue weighted by Crippen LogP contribution is -2.31. The Bertz CT molecular complexity index is 167. The van der Waals surface area contributed by atoms with Gasteiger partial charge in [-0.15, -0.1) is 0 Å². The van der Waals surface area contributed by atoms with Gasteiger partial charge in [0.15, 0.2) is 0 Å². The topological polar surface area (TPSA) is 49.3 Å². The molecule has 0 heterocycles. The summed E-state index contributed by atoms with van der Waals surface area (Å²) in [5.41, 5.74) is 0. The van der Waals surface area contributed by atoms with Crippen molar-refractivity contribution in [1.82, 2.24) is 5.32 Å². The number of nitrogens with one attached hydrogen (secondary N) is 1. The number of carbonyl (C=O) groups excluding carboxylic acids is 1. The van der Waals surface area contributed by atoms with E-state index in [0.717, 1.165) is 32.2 Å². The number of carbonyl (C=O) groups is 1. The Balaban J connectivity index is 3.54. The average molecular weight is 215 g/mol. The molecule has 0 aliphatic rings. The summed E-state index contributed by atoms with van der Waals surface area (Å²) in [6.45, 7) is 7.08. The van der Waals surface area contributed by atoms with Gasteiger partial charge in [-0.1, -0.05) is 20.8 Å². The van der Waals surface area contributed by atoms with E-state index < -0.39 is 0 Å². The summed E-state index contributed by atoms with van der Waals surface area (Å²) in [4.78, 5) is 11.6. The highest BCUT2D eigenvalue weighted by Gasteiger charge is 2.12. The molecule has 2 N–H and O–H groups in total. The van der Waals surface area contributed by atoms with Gasteiger partial charge < -0.3 is 10.4 Å². The van der Waals surface area contributed by atoms with Crippen LogP contribution in [0.15, 0.2) is 0 Å². The third kappa shape index (κ3) is 6.50. The molecule has 0 saturated carbocycles. The number of hydrogen-bond donors (Lipinski definition) is 2. The van der Waals surface area contributed by atoms with E-state index in [2.05, 4.69) is 5.32 Å². The monoisotopic (exact) mass is 215 g/mol. The van der Waals surface area contributed by atoms with E-state index >= 15 is 0 Å². The molecule has 0 fully saturated rings. The van der Waals surface area contributed by atoms with E-state index in [4.69, 9.17) is 5.11 Å². The van der Waals surface area contributed by atoms with Gasteiger partial charge >= 0.3 is 0 Å². The molecule has 3 heteroatoms. The first-order chi connectivity index (χ1) is 7.15. The zero-order valence-corrected chi connectivity index (χ0v) is 10.3. The van der Waals surface area contributed by atoms with E-state index in [0.29, 0.717) is 5.92 Å². The van der Waals surface area contributed by atoms with Crippen molar-refractivity contribution in [2.24, 2.45) is 11.8 Å². The summed E-state index contributed by atoms with van der Waals surface area (Å²) in [5, 5.41) is 11.8. The zero-order chi connectivity index (χ0) is 11.7. The Morgan fingerprint density at radius 3 is 2.40 bits per heavy atom. The third-order valence-electron chi connectivity index (χ3n) is 2.84.